The topological polar surface area (TPSA) is 83.5 Å². The summed E-state index contributed by atoms with van der Waals surface area (Å²) in [5, 5.41) is 9.31. The fraction of sp³-hybridized carbons (Fsp3) is 0.538. The van der Waals surface area contributed by atoms with Crippen molar-refractivity contribution in [3.8, 4) is 0 Å². The van der Waals surface area contributed by atoms with Crippen molar-refractivity contribution in [1.82, 2.24) is 10.4 Å². The van der Waals surface area contributed by atoms with Gasteiger partial charge in [-0.1, -0.05) is 0 Å². The summed E-state index contributed by atoms with van der Waals surface area (Å²) in [4.78, 5) is 15.5. The molecular formula is C13H21N3O3. The van der Waals surface area contributed by atoms with Gasteiger partial charge in [0, 0.05) is 6.20 Å². The zero-order chi connectivity index (χ0) is 14.5. The molecule has 0 aliphatic rings. The predicted molar refractivity (Wildman–Crippen MR) is 72.6 cm³/mol. The van der Waals surface area contributed by atoms with E-state index in [0.717, 1.165) is 5.56 Å². The van der Waals surface area contributed by atoms with Gasteiger partial charge in [0.1, 0.15) is 11.4 Å². The number of pyridine rings is 1. The van der Waals surface area contributed by atoms with Gasteiger partial charge in [0.2, 0.25) is 0 Å². The normalized spacial score (nSPS) is 12.7. The molecule has 1 aromatic heterocycles. The molecule has 0 fully saturated rings. The molecule has 1 atom stereocenters. The van der Waals surface area contributed by atoms with Gasteiger partial charge in [-0.2, -0.15) is 0 Å². The summed E-state index contributed by atoms with van der Waals surface area (Å²) in [5.74, 6) is 0.490. The highest BCUT2D eigenvalue weighted by Crippen LogP contribution is 2.09. The van der Waals surface area contributed by atoms with Crippen molar-refractivity contribution in [3.63, 3.8) is 0 Å². The maximum absolute atomic E-state index is 11.4. The fourth-order valence-corrected chi connectivity index (χ4v) is 1.43. The molecule has 1 amide bonds. The van der Waals surface area contributed by atoms with Crippen LogP contribution in [-0.4, -0.2) is 27.9 Å². The standard InChI is InChI=1S/C13H21N3O3/c1-9(17)7-10-5-6-14-11(8-10)15-16-12(18)19-13(2,3)4/h5-6,8-9,17H,7H2,1-4H3,(H,14,15)(H,16,18). The van der Waals surface area contributed by atoms with E-state index in [0.29, 0.717) is 12.2 Å². The maximum Gasteiger partial charge on any atom is 0.426 e. The molecule has 1 heterocycles. The lowest BCUT2D eigenvalue weighted by Gasteiger charge is -2.20. The van der Waals surface area contributed by atoms with E-state index >= 15 is 0 Å². The van der Waals surface area contributed by atoms with Gasteiger partial charge in [-0.25, -0.2) is 15.2 Å². The van der Waals surface area contributed by atoms with Crippen molar-refractivity contribution >= 4 is 11.9 Å². The maximum atomic E-state index is 11.4. The third-order valence-corrected chi connectivity index (χ3v) is 2.05. The first-order chi connectivity index (χ1) is 8.76. The smallest absolute Gasteiger partial charge is 0.426 e. The number of nitrogens with zero attached hydrogens (tertiary/aromatic N) is 1. The average Bonchev–Trinajstić information content (AvgIpc) is 2.23. The third-order valence-electron chi connectivity index (χ3n) is 2.05. The highest BCUT2D eigenvalue weighted by molar-refractivity contribution is 5.69. The van der Waals surface area contributed by atoms with Crippen LogP contribution in [0.4, 0.5) is 10.6 Å². The molecule has 1 unspecified atom stereocenters. The number of nitrogens with one attached hydrogen (secondary N) is 2. The largest absolute Gasteiger partial charge is 0.443 e. The van der Waals surface area contributed by atoms with E-state index in [1.807, 2.05) is 6.07 Å². The molecule has 106 valence electrons. The molecule has 0 aliphatic heterocycles. The van der Waals surface area contributed by atoms with E-state index in [9.17, 15) is 9.90 Å². The number of anilines is 1. The zero-order valence-electron chi connectivity index (χ0n) is 11.7. The van der Waals surface area contributed by atoms with Crippen molar-refractivity contribution in [1.29, 1.82) is 0 Å². The molecule has 0 aliphatic carbocycles. The molecule has 0 saturated carbocycles. The first kappa shape index (κ1) is 15.2. The summed E-state index contributed by atoms with van der Waals surface area (Å²) < 4.78 is 5.07. The summed E-state index contributed by atoms with van der Waals surface area (Å²) in [7, 11) is 0. The van der Waals surface area contributed by atoms with Gasteiger partial charge >= 0.3 is 6.09 Å². The number of carbonyl (C=O) groups is 1. The van der Waals surface area contributed by atoms with E-state index in [1.54, 1.807) is 40.0 Å². The van der Waals surface area contributed by atoms with Crippen molar-refractivity contribution in [3.05, 3.63) is 23.9 Å². The zero-order valence-corrected chi connectivity index (χ0v) is 11.7. The van der Waals surface area contributed by atoms with Crippen LogP contribution in [0.25, 0.3) is 0 Å². The SMILES string of the molecule is CC(O)Cc1ccnc(NNC(=O)OC(C)(C)C)c1. The Balaban J connectivity index is 2.51. The molecule has 3 N–H and O–H groups in total. The van der Waals surface area contributed by atoms with Crippen LogP contribution in [0, 0.1) is 0 Å². The molecule has 6 nitrogen and oxygen atoms in total. The molecule has 1 aromatic rings. The third kappa shape index (κ3) is 6.61. The van der Waals surface area contributed by atoms with Crippen LogP contribution >= 0.6 is 0 Å². The molecule has 0 radical (unpaired) electrons. The summed E-state index contributed by atoms with van der Waals surface area (Å²) >= 11 is 0. The summed E-state index contributed by atoms with van der Waals surface area (Å²) in [6, 6.07) is 3.56. The lowest BCUT2D eigenvalue weighted by Crippen LogP contribution is -2.36. The highest BCUT2D eigenvalue weighted by Gasteiger charge is 2.15. The Morgan fingerprint density at radius 1 is 1.53 bits per heavy atom. The second kappa shape index (κ2) is 6.38. The molecule has 6 heteroatoms. The van der Waals surface area contributed by atoms with Crippen LogP contribution in [-0.2, 0) is 11.2 Å². The Labute approximate surface area is 113 Å². The average molecular weight is 267 g/mol. The first-order valence-corrected chi connectivity index (χ1v) is 6.14. The van der Waals surface area contributed by atoms with E-state index in [4.69, 9.17) is 4.74 Å². The number of hydrogen-bond acceptors (Lipinski definition) is 5. The Morgan fingerprint density at radius 3 is 2.79 bits per heavy atom. The predicted octanol–water partition coefficient (Wildman–Crippen LogP) is 1.86. The molecule has 1 rings (SSSR count). The number of amides is 1. The van der Waals surface area contributed by atoms with Gasteiger partial charge in [0.25, 0.3) is 0 Å². The van der Waals surface area contributed by atoms with Gasteiger partial charge in [-0.05, 0) is 51.8 Å². The quantitative estimate of drug-likeness (QED) is 0.725. The summed E-state index contributed by atoms with van der Waals surface area (Å²) in [6.07, 6.45) is 1.14. The van der Waals surface area contributed by atoms with Gasteiger partial charge in [0.15, 0.2) is 0 Å². The number of aliphatic hydroxyl groups is 1. The minimum atomic E-state index is -0.574. The number of hydrogen-bond donors (Lipinski definition) is 3. The van der Waals surface area contributed by atoms with E-state index in [1.165, 1.54) is 0 Å². The molecule has 0 bridgehead atoms. The van der Waals surface area contributed by atoms with Gasteiger partial charge in [0.05, 0.1) is 6.10 Å². The fourth-order valence-electron chi connectivity index (χ4n) is 1.43. The second-order valence-corrected chi connectivity index (χ2v) is 5.35. The lowest BCUT2D eigenvalue weighted by molar-refractivity contribution is 0.0541. The molecule has 0 aromatic carbocycles. The van der Waals surface area contributed by atoms with Crippen LogP contribution in [0.2, 0.25) is 0 Å². The molecule has 0 saturated heterocycles. The Kier molecular flexibility index (Phi) is 5.11. The molecule has 0 spiro atoms. The summed E-state index contributed by atoms with van der Waals surface area (Å²) in [5.41, 5.74) is 5.44. The van der Waals surface area contributed by atoms with E-state index in [-0.39, 0.29) is 0 Å². The van der Waals surface area contributed by atoms with Crippen molar-refractivity contribution in [2.75, 3.05) is 5.43 Å². The van der Waals surface area contributed by atoms with E-state index < -0.39 is 17.8 Å². The number of carbonyl (C=O) groups excluding carboxylic acids is 1. The van der Waals surface area contributed by atoms with Crippen LogP contribution in [0.15, 0.2) is 18.3 Å². The van der Waals surface area contributed by atoms with Crippen molar-refractivity contribution in [2.45, 2.75) is 45.8 Å². The van der Waals surface area contributed by atoms with E-state index in [2.05, 4.69) is 15.8 Å². The van der Waals surface area contributed by atoms with Crippen molar-refractivity contribution < 1.29 is 14.6 Å². The lowest BCUT2D eigenvalue weighted by atomic mass is 10.1. The van der Waals surface area contributed by atoms with Gasteiger partial charge < -0.3 is 9.84 Å². The number of rotatable bonds is 4. The Hall–Kier alpha value is -1.82. The Bertz CT molecular complexity index is 427. The second-order valence-electron chi connectivity index (χ2n) is 5.35. The minimum Gasteiger partial charge on any atom is -0.443 e. The Morgan fingerprint density at radius 2 is 2.21 bits per heavy atom. The number of aromatic nitrogens is 1. The van der Waals surface area contributed by atoms with Gasteiger partial charge in [-0.3, -0.25) is 5.43 Å². The minimum absolute atomic E-state index is 0.422. The van der Waals surface area contributed by atoms with Crippen LogP contribution in [0.1, 0.15) is 33.3 Å². The van der Waals surface area contributed by atoms with Gasteiger partial charge in [-0.15, -0.1) is 0 Å². The number of aliphatic hydroxyl groups excluding tert-OH is 1. The van der Waals surface area contributed by atoms with Crippen LogP contribution in [0.3, 0.4) is 0 Å². The van der Waals surface area contributed by atoms with Crippen LogP contribution in [0.5, 0.6) is 0 Å². The van der Waals surface area contributed by atoms with Crippen LogP contribution < -0.4 is 10.9 Å². The molecule has 19 heavy (non-hydrogen) atoms. The monoisotopic (exact) mass is 267 g/mol. The van der Waals surface area contributed by atoms with Crippen molar-refractivity contribution in [2.24, 2.45) is 0 Å². The highest BCUT2D eigenvalue weighted by atomic mass is 16.6. The molecular weight excluding hydrogens is 246 g/mol. The summed E-state index contributed by atoms with van der Waals surface area (Å²) in [6.45, 7) is 7.07. The number of hydrazine groups is 1. The first-order valence-electron chi connectivity index (χ1n) is 6.14. The number of ether oxygens (including phenoxy) is 1.